The Hall–Kier alpha value is -3.10. The molecule has 0 atom stereocenters. The SMILES string of the molecule is Cc1cc(Nc2cc(N3CC(O)(C4CC4)C3)nc(Sc3ccc4ccccc4c3)n2)n[nH]1. The Bertz CT molecular complexity index is 1290. The number of aromatic amines is 1. The van der Waals surface area contributed by atoms with Crippen LogP contribution in [0.5, 0.6) is 0 Å². The Balaban J connectivity index is 1.30. The zero-order valence-electron chi connectivity index (χ0n) is 17.7. The first-order valence-corrected chi connectivity index (χ1v) is 11.7. The first-order valence-electron chi connectivity index (χ1n) is 10.9. The lowest BCUT2D eigenvalue weighted by atomic mass is 9.89. The summed E-state index contributed by atoms with van der Waals surface area (Å²) in [5.74, 6) is 2.67. The molecule has 6 rings (SSSR count). The number of rotatable bonds is 6. The van der Waals surface area contributed by atoms with Gasteiger partial charge in [-0.2, -0.15) is 5.10 Å². The molecule has 3 N–H and O–H groups in total. The molecule has 1 saturated carbocycles. The van der Waals surface area contributed by atoms with Gasteiger partial charge in [0.15, 0.2) is 11.0 Å². The number of anilines is 3. The molecule has 2 aromatic heterocycles. The molecule has 0 bridgehead atoms. The van der Waals surface area contributed by atoms with Gasteiger partial charge in [-0.15, -0.1) is 0 Å². The fourth-order valence-corrected chi connectivity index (χ4v) is 5.11. The van der Waals surface area contributed by atoms with Crippen LogP contribution in [0.1, 0.15) is 18.5 Å². The zero-order chi connectivity index (χ0) is 21.7. The third-order valence-corrected chi connectivity index (χ3v) is 7.03. The van der Waals surface area contributed by atoms with Gasteiger partial charge in [0, 0.05) is 22.7 Å². The fraction of sp³-hybridized carbons (Fsp3) is 0.292. The van der Waals surface area contributed by atoms with E-state index < -0.39 is 5.60 Å². The third kappa shape index (κ3) is 3.80. The molecule has 0 unspecified atom stereocenters. The van der Waals surface area contributed by atoms with Crippen LogP contribution in [-0.2, 0) is 0 Å². The molecule has 1 aliphatic carbocycles. The number of hydrogen-bond acceptors (Lipinski definition) is 7. The predicted octanol–water partition coefficient (Wildman–Crippen LogP) is 4.52. The van der Waals surface area contributed by atoms with Crippen LogP contribution >= 0.6 is 11.8 Å². The number of fused-ring (bicyclic) bond motifs is 1. The van der Waals surface area contributed by atoms with E-state index in [2.05, 4.69) is 50.7 Å². The van der Waals surface area contributed by atoms with E-state index in [0.29, 0.717) is 35.8 Å². The third-order valence-electron chi connectivity index (χ3n) is 6.17. The minimum atomic E-state index is -0.566. The minimum Gasteiger partial charge on any atom is -0.386 e. The molecule has 7 nitrogen and oxygen atoms in total. The molecule has 0 radical (unpaired) electrons. The van der Waals surface area contributed by atoms with Gasteiger partial charge in [-0.3, -0.25) is 5.10 Å². The standard InChI is InChI=1S/C24H24N6OS/c1-15-10-21(29-28-15)25-20-12-22(30-13-24(31,14-30)18-7-8-18)27-23(26-20)32-19-9-6-16-4-2-3-5-17(16)11-19/h2-6,9-12,18,31H,7-8,13-14H2,1H3,(H2,25,26,27,28,29). The smallest absolute Gasteiger partial charge is 0.196 e. The van der Waals surface area contributed by atoms with Crippen molar-refractivity contribution in [2.45, 2.75) is 35.4 Å². The van der Waals surface area contributed by atoms with E-state index in [1.807, 2.05) is 31.2 Å². The Labute approximate surface area is 190 Å². The molecular weight excluding hydrogens is 420 g/mol. The van der Waals surface area contributed by atoms with E-state index in [0.717, 1.165) is 29.2 Å². The Kier molecular flexibility index (Phi) is 4.58. The summed E-state index contributed by atoms with van der Waals surface area (Å²) >= 11 is 1.54. The Morgan fingerprint density at radius 2 is 1.84 bits per heavy atom. The fourth-order valence-electron chi connectivity index (χ4n) is 4.29. The number of β-amino-alcohol motifs (C(OH)–C–C–N with tert-alkyl or cyclic N) is 1. The minimum absolute atomic E-state index is 0.441. The Morgan fingerprint density at radius 3 is 2.59 bits per heavy atom. The van der Waals surface area contributed by atoms with E-state index in [1.54, 1.807) is 0 Å². The van der Waals surface area contributed by atoms with Crippen LogP contribution in [-0.4, -0.2) is 44.0 Å². The highest BCUT2D eigenvalue weighted by atomic mass is 32.2. The first kappa shape index (κ1) is 19.6. The van der Waals surface area contributed by atoms with Crippen molar-refractivity contribution < 1.29 is 5.11 Å². The number of H-pyrrole nitrogens is 1. The van der Waals surface area contributed by atoms with Crippen molar-refractivity contribution in [2.24, 2.45) is 5.92 Å². The molecule has 2 aromatic carbocycles. The van der Waals surface area contributed by atoms with Crippen LogP contribution in [0.25, 0.3) is 10.8 Å². The zero-order valence-corrected chi connectivity index (χ0v) is 18.6. The molecule has 2 aliphatic rings. The van der Waals surface area contributed by atoms with Crippen molar-refractivity contribution in [3.05, 3.63) is 60.3 Å². The quantitative estimate of drug-likeness (QED) is 0.377. The molecule has 0 spiro atoms. The van der Waals surface area contributed by atoms with Gasteiger partial charge >= 0.3 is 0 Å². The van der Waals surface area contributed by atoms with Crippen LogP contribution in [0.4, 0.5) is 17.5 Å². The van der Waals surface area contributed by atoms with E-state index >= 15 is 0 Å². The van der Waals surface area contributed by atoms with Crippen molar-refractivity contribution in [2.75, 3.05) is 23.3 Å². The summed E-state index contributed by atoms with van der Waals surface area (Å²) in [6.07, 6.45) is 2.25. The lowest BCUT2D eigenvalue weighted by Crippen LogP contribution is -2.63. The van der Waals surface area contributed by atoms with Gasteiger partial charge in [0.25, 0.3) is 0 Å². The average molecular weight is 445 g/mol. The number of aliphatic hydroxyl groups is 1. The van der Waals surface area contributed by atoms with Crippen LogP contribution in [0, 0.1) is 12.8 Å². The normalized spacial score (nSPS) is 17.4. The van der Waals surface area contributed by atoms with Gasteiger partial charge in [0.2, 0.25) is 0 Å². The van der Waals surface area contributed by atoms with Crippen LogP contribution in [0.15, 0.2) is 64.6 Å². The maximum atomic E-state index is 10.8. The lowest BCUT2D eigenvalue weighted by molar-refractivity contribution is -0.00980. The number of nitrogens with one attached hydrogen (secondary N) is 2. The maximum Gasteiger partial charge on any atom is 0.196 e. The van der Waals surface area contributed by atoms with Gasteiger partial charge in [0.05, 0.1) is 13.1 Å². The van der Waals surface area contributed by atoms with Crippen LogP contribution in [0.3, 0.4) is 0 Å². The molecule has 4 aromatic rings. The summed E-state index contributed by atoms with van der Waals surface area (Å²) < 4.78 is 0. The predicted molar refractivity (Wildman–Crippen MR) is 127 cm³/mol. The lowest BCUT2D eigenvalue weighted by Gasteiger charge is -2.47. The van der Waals surface area contributed by atoms with E-state index in [9.17, 15) is 5.11 Å². The molecule has 3 heterocycles. The van der Waals surface area contributed by atoms with E-state index in [-0.39, 0.29) is 0 Å². The number of benzene rings is 2. The van der Waals surface area contributed by atoms with Gasteiger partial charge < -0.3 is 15.3 Å². The van der Waals surface area contributed by atoms with Gasteiger partial charge in [0.1, 0.15) is 17.2 Å². The highest BCUT2D eigenvalue weighted by molar-refractivity contribution is 7.99. The highest BCUT2D eigenvalue weighted by Gasteiger charge is 2.52. The van der Waals surface area contributed by atoms with Crippen molar-refractivity contribution in [1.82, 2.24) is 20.2 Å². The highest BCUT2D eigenvalue weighted by Crippen LogP contribution is 2.45. The second-order valence-electron chi connectivity index (χ2n) is 8.80. The molecule has 32 heavy (non-hydrogen) atoms. The molecule has 0 amide bonds. The van der Waals surface area contributed by atoms with Crippen LogP contribution < -0.4 is 10.2 Å². The summed E-state index contributed by atoms with van der Waals surface area (Å²) in [4.78, 5) is 12.8. The number of hydrogen-bond donors (Lipinski definition) is 3. The molecule has 162 valence electrons. The second kappa shape index (κ2) is 7.50. The van der Waals surface area contributed by atoms with Gasteiger partial charge in [-0.25, -0.2) is 9.97 Å². The summed E-state index contributed by atoms with van der Waals surface area (Å²) in [5, 5.41) is 24.3. The largest absolute Gasteiger partial charge is 0.386 e. The van der Waals surface area contributed by atoms with Crippen molar-refractivity contribution >= 4 is 40.0 Å². The second-order valence-corrected chi connectivity index (χ2v) is 9.84. The summed E-state index contributed by atoms with van der Waals surface area (Å²) in [6, 6.07) is 18.6. The number of aryl methyl sites for hydroxylation is 1. The van der Waals surface area contributed by atoms with E-state index in [1.165, 1.54) is 22.5 Å². The summed E-state index contributed by atoms with van der Waals surface area (Å²) in [6.45, 7) is 3.20. The van der Waals surface area contributed by atoms with Crippen molar-refractivity contribution in [1.29, 1.82) is 0 Å². The van der Waals surface area contributed by atoms with E-state index in [4.69, 9.17) is 9.97 Å². The molecule has 1 aliphatic heterocycles. The van der Waals surface area contributed by atoms with Crippen molar-refractivity contribution in [3.8, 4) is 0 Å². The molecule has 8 heteroatoms. The summed E-state index contributed by atoms with van der Waals surface area (Å²) in [7, 11) is 0. The molecular formula is C24H24N6OS. The topological polar surface area (TPSA) is 90.0 Å². The maximum absolute atomic E-state index is 10.8. The molecule has 2 fully saturated rings. The molecule has 1 saturated heterocycles. The monoisotopic (exact) mass is 444 g/mol. The Morgan fingerprint density at radius 1 is 1.03 bits per heavy atom. The summed E-state index contributed by atoms with van der Waals surface area (Å²) in [5.41, 5.74) is 0.411. The van der Waals surface area contributed by atoms with Gasteiger partial charge in [-0.1, -0.05) is 30.3 Å². The van der Waals surface area contributed by atoms with Gasteiger partial charge in [-0.05, 0) is 60.4 Å². The number of aromatic nitrogens is 4. The first-order chi connectivity index (χ1) is 15.5. The van der Waals surface area contributed by atoms with Crippen molar-refractivity contribution in [3.63, 3.8) is 0 Å². The number of nitrogens with zero attached hydrogens (tertiary/aromatic N) is 4. The van der Waals surface area contributed by atoms with Crippen LogP contribution in [0.2, 0.25) is 0 Å². The average Bonchev–Trinajstić information content (AvgIpc) is 3.54.